The Morgan fingerprint density at radius 3 is 2.92 bits per heavy atom. The number of fused-ring (bicyclic) bond motifs is 1. The van der Waals surface area contributed by atoms with E-state index in [-0.39, 0.29) is 11.8 Å². The van der Waals surface area contributed by atoms with Gasteiger partial charge >= 0.3 is 0 Å². The zero-order valence-corrected chi connectivity index (χ0v) is 13.6. The number of aromatic nitrogens is 2. The molecule has 6 nitrogen and oxygen atoms in total. The van der Waals surface area contributed by atoms with Crippen LogP contribution in [-0.2, 0) is 11.3 Å². The molecule has 0 aliphatic carbocycles. The lowest BCUT2D eigenvalue weighted by Crippen LogP contribution is -2.41. The van der Waals surface area contributed by atoms with E-state index in [9.17, 15) is 9.59 Å². The molecule has 2 aromatic carbocycles. The van der Waals surface area contributed by atoms with Crippen LogP contribution in [0, 0.1) is 0 Å². The lowest BCUT2D eigenvalue weighted by molar-refractivity contribution is -0.129. The molecule has 2 amide bonds. The average Bonchev–Trinajstić information content (AvgIpc) is 3.23. The molecule has 1 unspecified atom stereocenters. The van der Waals surface area contributed by atoms with Gasteiger partial charge in [-0.1, -0.05) is 30.3 Å². The molecule has 1 saturated heterocycles. The van der Waals surface area contributed by atoms with Crippen LogP contribution in [0.2, 0.25) is 0 Å². The number of rotatable bonds is 4. The Hall–Kier alpha value is -3.15. The first-order valence-electron chi connectivity index (χ1n) is 8.27. The minimum absolute atomic E-state index is 0.0279. The van der Waals surface area contributed by atoms with Crippen molar-refractivity contribution in [3.63, 3.8) is 0 Å². The van der Waals surface area contributed by atoms with Gasteiger partial charge in [0, 0.05) is 18.7 Å². The smallest absolute Gasteiger partial charge is 0.252 e. The third-order valence-electron chi connectivity index (χ3n) is 4.50. The summed E-state index contributed by atoms with van der Waals surface area (Å²) >= 11 is 0. The Labute approximate surface area is 144 Å². The molecular weight excluding hydrogens is 316 g/mol. The molecule has 126 valence electrons. The van der Waals surface area contributed by atoms with E-state index in [4.69, 9.17) is 0 Å². The first-order valence-corrected chi connectivity index (χ1v) is 8.27. The highest BCUT2D eigenvalue weighted by Gasteiger charge is 2.32. The Morgan fingerprint density at radius 2 is 2.08 bits per heavy atom. The second-order valence-corrected chi connectivity index (χ2v) is 6.19. The van der Waals surface area contributed by atoms with Crippen LogP contribution >= 0.6 is 0 Å². The van der Waals surface area contributed by atoms with Gasteiger partial charge < -0.3 is 15.2 Å². The van der Waals surface area contributed by atoms with Crippen molar-refractivity contribution < 1.29 is 9.59 Å². The largest absolute Gasteiger partial charge is 0.345 e. The van der Waals surface area contributed by atoms with Crippen LogP contribution in [0.1, 0.15) is 22.3 Å². The lowest BCUT2D eigenvalue weighted by atomic mass is 10.1. The summed E-state index contributed by atoms with van der Waals surface area (Å²) in [6.07, 6.45) is 2.22. The molecule has 0 bridgehead atoms. The highest BCUT2D eigenvalue weighted by Crippen LogP contribution is 2.17. The van der Waals surface area contributed by atoms with Crippen LogP contribution in [0.15, 0.2) is 54.9 Å². The van der Waals surface area contributed by atoms with Gasteiger partial charge in [-0.25, -0.2) is 4.98 Å². The summed E-state index contributed by atoms with van der Waals surface area (Å²) in [4.78, 5) is 33.9. The van der Waals surface area contributed by atoms with Crippen molar-refractivity contribution in [1.82, 2.24) is 20.2 Å². The molecule has 1 aromatic heterocycles. The van der Waals surface area contributed by atoms with Gasteiger partial charge in [-0.3, -0.25) is 9.59 Å². The van der Waals surface area contributed by atoms with E-state index in [2.05, 4.69) is 15.3 Å². The van der Waals surface area contributed by atoms with Crippen molar-refractivity contribution in [2.24, 2.45) is 0 Å². The molecule has 25 heavy (non-hydrogen) atoms. The van der Waals surface area contributed by atoms with Crippen molar-refractivity contribution in [2.45, 2.75) is 19.0 Å². The molecule has 0 spiro atoms. The zero-order valence-electron chi connectivity index (χ0n) is 13.6. The average molecular weight is 334 g/mol. The van der Waals surface area contributed by atoms with Crippen LogP contribution < -0.4 is 5.32 Å². The molecule has 1 fully saturated rings. The summed E-state index contributed by atoms with van der Waals surface area (Å²) in [5.41, 5.74) is 3.22. The van der Waals surface area contributed by atoms with Crippen LogP contribution in [-0.4, -0.2) is 39.3 Å². The lowest BCUT2D eigenvalue weighted by Gasteiger charge is -2.17. The number of likely N-dealkylation sites (tertiary alicyclic amines) is 1. The van der Waals surface area contributed by atoms with E-state index in [1.165, 1.54) is 0 Å². The van der Waals surface area contributed by atoms with E-state index in [0.29, 0.717) is 25.1 Å². The molecule has 6 heteroatoms. The maximum absolute atomic E-state index is 12.5. The zero-order chi connectivity index (χ0) is 17.2. The summed E-state index contributed by atoms with van der Waals surface area (Å²) in [6.45, 7) is 1.23. The Balaban J connectivity index is 1.42. The number of imidazole rings is 1. The van der Waals surface area contributed by atoms with Gasteiger partial charge in [-0.2, -0.15) is 0 Å². The van der Waals surface area contributed by atoms with Crippen molar-refractivity contribution in [1.29, 1.82) is 0 Å². The van der Waals surface area contributed by atoms with Crippen molar-refractivity contribution in [3.8, 4) is 0 Å². The number of aromatic amines is 1. The van der Waals surface area contributed by atoms with Gasteiger partial charge in [0.1, 0.15) is 6.04 Å². The fourth-order valence-electron chi connectivity index (χ4n) is 3.15. The van der Waals surface area contributed by atoms with Gasteiger partial charge in [-0.15, -0.1) is 0 Å². The second-order valence-electron chi connectivity index (χ2n) is 6.19. The molecular formula is C19H18N4O2. The number of benzene rings is 2. The molecule has 2 N–H and O–H groups in total. The predicted molar refractivity (Wildman–Crippen MR) is 93.8 cm³/mol. The number of hydrogen-bond donors (Lipinski definition) is 2. The van der Waals surface area contributed by atoms with Gasteiger partial charge in [0.2, 0.25) is 5.91 Å². The number of carbonyl (C=O) groups excluding carboxylic acids is 2. The van der Waals surface area contributed by atoms with Crippen LogP contribution in [0.3, 0.4) is 0 Å². The highest BCUT2D eigenvalue weighted by atomic mass is 16.2. The molecule has 0 radical (unpaired) electrons. The topological polar surface area (TPSA) is 78.1 Å². The van der Waals surface area contributed by atoms with Crippen molar-refractivity contribution in [2.75, 3.05) is 6.54 Å². The summed E-state index contributed by atoms with van der Waals surface area (Å²) < 4.78 is 0. The van der Waals surface area contributed by atoms with E-state index < -0.39 is 6.04 Å². The first-order chi connectivity index (χ1) is 12.2. The third-order valence-corrected chi connectivity index (χ3v) is 4.50. The summed E-state index contributed by atoms with van der Waals surface area (Å²) in [6, 6.07) is 14.7. The van der Waals surface area contributed by atoms with Gasteiger partial charge in [0.25, 0.3) is 5.91 Å². The maximum atomic E-state index is 12.5. The first kappa shape index (κ1) is 15.4. The Bertz CT molecular complexity index is 919. The van der Waals surface area contributed by atoms with Crippen LogP contribution in [0.25, 0.3) is 11.0 Å². The van der Waals surface area contributed by atoms with Crippen LogP contribution in [0.5, 0.6) is 0 Å². The maximum Gasteiger partial charge on any atom is 0.252 e. The fraction of sp³-hybridized carbons (Fsp3) is 0.211. The van der Waals surface area contributed by atoms with Gasteiger partial charge in [0.15, 0.2) is 0 Å². The molecule has 1 atom stereocenters. The summed E-state index contributed by atoms with van der Waals surface area (Å²) in [5, 5.41) is 2.85. The van der Waals surface area contributed by atoms with Crippen LogP contribution in [0.4, 0.5) is 0 Å². The number of amides is 2. The Kier molecular flexibility index (Phi) is 3.93. The van der Waals surface area contributed by atoms with E-state index in [1.807, 2.05) is 30.3 Å². The molecule has 3 aromatic rings. The van der Waals surface area contributed by atoms with E-state index in [1.54, 1.807) is 29.4 Å². The fourth-order valence-corrected chi connectivity index (χ4v) is 3.15. The SMILES string of the molecule is O=C(NC1CCN(Cc2ccccc2)C1=O)c1ccc2nc[nH]c2c1. The minimum Gasteiger partial charge on any atom is -0.345 e. The highest BCUT2D eigenvalue weighted by molar-refractivity contribution is 6.00. The Morgan fingerprint density at radius 1 is 1.24 bits per heavy atom. The van der Waals surface area contributed by atoms with Gasteiger partial charge in [-0.05, 0) is 30.2 Å². The number of hydrogen-bond acceptors (Lipinski definition) is 3. The minimum atomic E-state index is -0.464. The third kappa shape index (κ3) is 3.10. The molecule has 4 rings (SSSR count). The monoisotopic (exact) mass is 334 g/mol. The normalized spacial score (nSPS) is 17.2. The molecule has 1 aliphatic heterocycles. The van der Waals surface area contributed by atoms with Gasteiger partial charge in [0.05, 0.1) is 17.4 Å². The quantitative estimate of drug-likeness (QED) is 0.767. The number of carbonyl (C=O) groups is 2. The summed E-state index contributed by atoms with van der Waals surface area (Å²) in [7, 11) is 0. The standard InChI is InChI=1S/C19H18N4O2/c24-18(14-6-7-15-17(10-14)21-12-20-15)22-16-8-9-23(19(16)25)11-13-4-2-1-3-5-13/h1-7,10,12,16H,8-9,11H2,(H,20,21)(H,22,24). The van der Waals surface area contributed by atoms with Crippen molar-refractivity contribution >= 4 is 22.8 Å². The molecule has 0 saturated carbocycles. The van der Waals surface area contributed by atoms with E-state index in [0.717, 1.165) is 16.6 Å². The summed E-state index contributed by atoms with van der Waals surface area (Å²) in [5.74, 6) is -0.267. The second kappa shape index (κ2) is 6.39. The van der Waals surface area contributed by atoms with Crippen molar-refractivity contribution in [3.05, 3.63) is 66.0 Å². The predicted octanol–water partition coefficient (Wildman–Crippen LogP) is 2.09. The van der Waals surface area contributed by atoms with E-state index >= 15 is 0 Å². The molecule has 1 aliphatic rings. The molecule has 2 heterocycles. The number of nitrogens with zero attached hydrogens (tertiary/aromatic N) is 2. The number of H-pyrrole nitrogens is 1. The number of nitrogens with one attached hydrogen (secondary N) is 2.